The first-order valence-corrected chi connectivity index (χ1v) is 27.3. The summed E-state index contributed by atoms with van der Waals surface area (Å²) in [6.45, 7) is 14.0. The van der Waals surface area contributed by atoms with Crippen molar-refractivity contribution in [1.29, 1.82) is 0 Å². The Balaban J connectivity index is 0.942. The lowest BCUT2D eigenvalue weighted by Gasteiger charge is -2.67. The average molecular weight is 1080 g/mol. The van der Waals surface area contributed by atoms with Crippen LogP contribution in [-0.4, -0.2) is 237 Å². The van der Waals surface area contributed by atoms with Gasteiger partial charge in [-0.15, -0.1) is 0 Å². The van der Waals surface area contributed by atoms with Crippen molar-refractivity contribution < 1.29 is 110 Å². The van der Waals surface area contributed by atoms with E-state index in [1.54, 1.807) is 13.8 Å². The molecule has 29 atom stereocenters. The van der Waals surface area contributed by atoms with Gasteiger partial charge in [-0.05, 0) is 99.7 Å². The Kier molecular flexibility index (Phi) is 17.8. The summed E-state index contributed by atoms with van der Waals surface area (Å²) in [5.74, 6) is -0.893. The molecule has 0 aromatic heterocycles. The van der Waals surface area contributed by atoms with Gasteiger partial charge in [0.2, 0.25) is 0 Å². The van der Waals surface area contributed by atoms with Crippen LogP contribution >= 0.6 is 0 Å². The fourth-order valence-electron chi connectivity index (χ4n) is 15.9. The molecule has 0 radical (unpaired) electrons. The topological polar surface area (TPSA) is 368 Å². The maximum atomic E-state index is 12.7. The number of ether oxygens (including phenoxy) is 7. The standard InChI is InChI=1S/C53H90O22/c1-22(9-13-33(50(4,5)68)74-48-45(35(59)26(57)21-69-48)75-47-43(67)40(64)37(61)29(20-56)72-47)23-15-16-51(6)30-12-10-24-25(53(30,8)31(58)17-52(23,51)7)11-14-32(49(24,2)3)73-46-42(66)38(62)34(27(18-54)71-46)44-41(65)39(63)36(60)28(19-55)70-44/h10,22-23,25-48,54-68H,9,11-21H2,1-8H3/t22-,23?,25?,26-,27-,28-,29+,30?,31-,32+,33-,34-,35+,36-,37+,38+,39+,40-,41-,42-,43+,44?,45-,46+,47-,48+,51+,52-,53+/m1/s1. The third-order valence-corrected chi connectivity index (χ3v) is 20.7. The van der Waals surface area contributed by atoms with Crippen molar-refractivity contribution in [1.82, 2.24) is 0 Å². The molecule has 4 saturated heterocycles. The van der Waals surface area contributed by atoms with E-state index >= 15 is 0 Å². The van der Waals surface area contributed by atoms with E-state index in [0.717, 1.165) is 18.4 Å². The van der Waals surface area contributed by atoms with Gasteiger partial charge in [0.05, 0.1) is 68.7 Å². The summed E-state index contributed by atoms with van der Waals surface area (Å²) in [5, 5.41) is 162. The number of rotatable bonds is 15. The van der Waals surface area contributed by atoms with E-state index in [1.807, 2.05) is 0 Å². The molecular formula is C53H90O22. The molecule has 434 valence electrons. The van der Waals surface area contributed by atoms with Crippen molar-refractivity contribution in [3.05, 3.63) is 11.6 Å². The zero-order valence-electron chi connectivity index (χ0n) is 44.6. The van der Waals surface area contributed by atoms with Gasteiger partial charge < -0.3 is 110 Å². The number of allylic oxidation sites excluding steroid dienone is 1. The van der Waals surface area contributed by atoms with Gasteiger partial charge in [-0.25, -0.2) is 0 Å². The van der Waals surface area contributed by atoms with Gasteiger partial charge in [0.15, 0.2) is 18.9 Å². The second-order valence-corrected chi connectivity index (χ2v) is 25.5. The Bertz CT molecular complexity index is 1950. The number of aliphatic hydroxyl groups is 15. The number of aliphatic hydroxyl groups excluding tert-OH is 14. The summed E-state index contributed by atoms with van der Waals surface area (Å²) in [6, 6.07) is 0. The summed E-state index contributed by atoms with van der Waals surface area (Å²) in [4.78, 5) is 0. The van der Waals surface area contributed by atoms with Crippen molar-refractivity contribution in [3.8, 4) is 0 Å². The summed E-state index contributed by atoms with van der Waals surface area (Å²) in [6.07, 6.45) is -22.3. The van der Waals surface area contributed by atoms with E-state index < -0.39 is 171 Å². The molecule has 0 spiro atoms. The molecule has 4 aliphatic heterocycles. The number of fused-ring (bicyclic) bond motifs is 5. The van der Waals surface area contributed by atoms with Crippen LogP contribution in [0.4, 0.5) is 0 Å². The van der Waals surface area contributed by atoms with E-state index in [0.29, 0.717) is 38.5 Å². The molecule has 75 heavy (non-hydrogen) atoms. The van der Waals surface area contributed by atoms with E-state index in [4.69, 9.17) is 33.2 Å². The third kappa shape index (κ3) is 10.3. The van der Waals surface area contributed by atoms with E-state index in [1.165, 1.54) is 0 Å². The highest BCUT2D eigenvalue weighted by Crippen LogP contribution is 2.75. The van der Waals surface area contributed by atoms with Crippen LogP contribution in [0, 0.1) is 51.2 Å². The smallest absolute Gasteiger partial charge is 0.187 e. The van der Waals surface area contributed by atoms with Crippen LogP contribution in [0.5, 0.6) is 0 Å². The van der Waals surface area contributed by atoms with Gasteiger partial charge in [-0.1, -0.05) is 53.2 Å². The fraction of sp³-hybridized carbons (Fsp3) is 0.962. The number of hydrogen-bond donors (Lipinski definition) is 15. The maximum absolute atomic E-state index is 12.7. The van der Waals surface area contributed by atoms with Crippen molar-refractivity contribution in [2.45, 2.75) is 241 Å². The lowest BCUT2D eigenvalue weighted by Crippen LogP contribution is -2.68. The number of hydrogen-bond acceptors (Lipinski definition) is 22. The average Bonchev–Trinajstić information content (AvgIpc) is 3.64. The molecule has 4 heterocycles. The summed E-state index contributed by atoms with van der Waals surface area (Å²) >= 11 is 0. The van der Waals surface area contributed by atoms with Crippen LogP contribution in [-0.2, 0) is 33.2 Å². The first-order valence-electron chi connectivity index (χ1n) is 27.3. The molecule has 8 rings (SSSR count). The lowest BCUT2D eigenvalue weighted by molar-refractivity contribution is -0.364. The largest absolute Gasteiger partial charge is 0.394 e. The molecule has 7 fully saturated rings. The van der Waals surface area contributed by atoms with Crippen LogP contribution in [0.3, 0.4) is 0 Å². The summed E-state index contributed by atoms with van der Waals surface area (Å²) in [5.41, 5.74) is -1.91. The van der Waals surface area contributed by atoms with E-state index in [-0.39, 0.29) is 41.1 Å². The first-order chi connectivity index (χ1) is 35.0. The molecule has 0 amide bonds. The quantitative estimate of drug-likeness (QED) is 0.0766. The minimum atomic E-state index is -1.80. The van der Waals surface area contributed by atoms with Gasteiger partial charge in [0, 0.05) is 16.7 Å². The maximum Gasteiger partial charge on any atom is 0.187 e. The van der Waals surface area contributed by atoms with Crippen LogP contribution < -0.4 is 0 Å². The summed E-state index contributed by atoms with van der Waals surface area (Å²) < 4.78 is 42.1. The van der Waals surface area contributed by atoms with Gasteiger partial charge >= 0.3 is 0 Å². The minimum absolute atomic E-state index is 0.0117. The van der Waals surface area contributed by atoms with Crippen LogP contribution in [0.25, 0.3) is 0 Å². The van der Waals surface area contributed by atoms with Gasteiger partial charge in [0.1, 0.15) is 73.2 Å². The molecule has 8 aliphatic rings. The predicted octanol–water partition coefficient (Wildman–Crippen LogP) is -2.32. The highest BCUT2D eigenvalue weighted by atomic mass is 16.8. The molecule has 4 aliphatic carbocycles. The zero-order chi connectivity index (χ0) is 55.2. The fourth-order valence-corrected chi connectivity index (χ4v) is 15.9. The third-order valence-electron chi connectivity index (χ3n) is 20.7. The SMILES string of the molecule is C[C@H](CC[C@@H](O[C@@H]1OC[C@@H](O)[C@H](O)[C@H]1O[C@H]1O[C@@H](CO)[C@H](O)[C@@H](O)[C@@H]1O)C(C)(C)O)C1CC[C@@]2(C)C3CC=C4C(CC[C@H](O[C@@H]5O[C@H](CO)[C@@H](C6O[C@H](CO)[C@@H](O)[C@H](O)[C@H]6O)[C@H](O)[C@H]5O)C4(C)C)[C@]3(C)[C@H](O)C[C@]12C. The Morgan fingerprint density at radius 1 is 0.653 bits per heavy atom. The Labute approximate surface area is 439 Å². The molecule has 15 N–H and O–H groups in total. The molecule has 3 saturated carbocycles. The van der Waals surface area contributed by atoms with Crippen molar-refractivity contribution in [2.24, 2.45) is 51.2 Å². The molecule has 22 heteroatoms. The van der Waals surface area contributed by atoms with Gasteiger partial charge in [-0.2, -0.15) is 0 Å². The van der Waals surface area contributed by atoms with Crippen LogP contribution in [0.1, 0.15) is 107 Å². The Morgan fingerprint density at radius 3 is 1.87 bits per heavy atom. The minimum Gasteiger partial charge on any atom is -0.394 e. The monoisotopic (exact) mass is 1080 g/mol. The van der Waals surface area contributed by atoms with E-state index in [9.17, 15) is 76.6 Å². The van der Waals surface area contributed by atoms with Crippen molar-refractivity contribution >= 4 is 0 Å². The molecular weight excluding hydrogens is 989 g/mol. The normalized spacial score (nSPS) is 52.0. The van der Waals surface area contributed by atoms with Crippen molar-refractivity contribution in [3.63, 3.8) is 0 Å². The molecule has 0 aromatic carbocycles. The molecule has 22 nitrogen and oxygen atoms in total. The van der Waals surface area contributed by atoms with Gasteiger partial charge in [-0.3, -0.25) is 0 Å². The summed E-state index contributed by atoms with van der Waals surface area (Å²) in [7, 11) is 0. The second-order valence-electron chi connectivity index (χ2n) is 25.5. The zero-order valence-corrected chi connectivity index (χ0v) is 44.6. The van der Waals surface area contributed by atoms with Crippen LogP contribution in [0.2, 0.25) is 0 Å². The Hall–Kier alpha value is -1.14. The van der Waals surface area contributed by atoms with Gasteiger partial charge in [0.25, 0.3) is 0 Å². The first kappa shape index (κ1) is 60.0. The highest BCUT2D eigenvalue weighted by Gasteiger charge is 2.70. The van der Waals surface area contributed by atoms with E-state index in [2.05, 4.69) is 47.6 Å². The lowest BCUT2D eigenvalue weighted by atomic mass is 9.38. The molecule has 0 aromatic rings. The highest BCUT2D eigenvalue weighted by molar-refractivity contribution is 5.32. The predicted molar refractivity (Wildman–Crippen MR) is 260 cm³/mol. The molecule has 0 bridgehead atoms. The Morgan fingerprint density at radius 2 is 1.24 bits per heavy atom. The second kappa shape index (κ2) is 22.3. The molecule has 4 unspecified atom stereocenters. The van der Waals surface area contributed by atoms with Crippen LogP contribution in [0.15, 0.2) is 11.6 Å². The van der Waals surface area contributed by atoms with Crippen molar-refractivity contribution in [2.75, 3.05) is 26.4 Å².